The van der Waals surface area contributed by atoms with Crippen molar-refractivity contribution in [3.05, 3.63) is 59.7 Å². The summed E-state index contributed by atoms with van der Waals surface area (Å²) in [5.41, 5.74) is 2.47. The van der Waals surface area contributed by atoms with Crippen LogP contribution in [0.1, 0.15) is 62.1 Å². The monoisotopic (exact) mass is 442 g/mol. The Bertz CT molecular complexity index is 998. The fraction of sp³-hybridized carbons (Fsp3) is 0.458. The number of carbonyl (C=O) groups is 1. The summed E-state index contributed by atoms with van der Waals surface area (Å²) in [5, 5.41) is 3.06. The van der Waals surface area contributed by atoms with Crippen LogP contribution in [0.25, 0.3) is 0 Å². The Morgan fingerprint density at radius 3 is 2.45 bits per heavy atom. The number of carbonyl (C=O) groups excluding carboxylic acids is 1. The first kappa shape index (κ1) is 21.8. The predicted molar refractivity (Wildman–Crippen MR) is 119 cm³/mol. The van der Waals surface area contributed by atoms with Crippen molar-refractivity contribution in [3.8, 4) is 5.75 Å². The van der Waals surface area contributed by atoms with Crippen molar-refractivity contribution in [3.63, 3.8) is 0 Å². The number of aryl methyl sites for hydroxylation is 1. The van der Waals surface area contributed by atoms with Crippen LogP contribution < -0.4 is 14.8 Å². The summed E-state index contributed by atoms with van der Waals surface area (Å²) >= 11 is 0. The molecule has 1 saturated carbocycles. The van der Waals surface area contributed by atoms with Gasteiger partial charge < -0.3 is 10.1 Å². The highest BCUT2D eigenvalue weighted by molar-refractivity contribution is 7.89. The molecule has 166 valence electrons. The largest absolute Gasteiger partial charge is 0.484 e. The SMILES string of the molecule is O=C(COc1ccc(S(=O)(=O)NC2CCCCC2)cc1)N[C@@H]1CCCc2ccccc21. The van der Waals surface area contributed by atoms with Crippen molar-refractivity contribution in [1.82, 2.24) is 10.0 Å². The van der Waals surface area contributed by atoms with Crippen LogP contribution in [0.4, 0.5) is 0 Å². The molecule has 2 aliphatic rings. The normalized spacial score (nSPS) is 19.4. The van der Waals surface area contributed by atoms with E-state index in [4.69, 9.17) is 4.74 Å². The third-order valence-electron chi connectivity index (χ3n) is 6.14. The number of sulfonamides is 1. The fourth-order valence-corrected chi connectivity index (χ4v) is 5.82. The van der Waals surface area contributed by atoms with E-state index in [-0.39, 0.29) is 29.5 Å². The zero-order chi connectivity index (χ0) is 21.7. The summed E-state index contributed by atoms with van der Waals surface area (Å²) in [6.07, 6.45) is 8.09. The van der Waals surface area contributed by atoms with Crippen LogP contribution >= 0.6 is 0 Å². The smallest absolute Gasteiger partial charge is 0.258 e. The molecule has 0 unspecified atom stereocenters. The predicted octanol–water partition coefficient (Wildman–Crippen LogP) is 3.87. The number of fused-ring (bicyclic) bond motifs is 1. The van der Waals surface area contributed by atoms with Gasteiger partial charge in [-0.15, -0.1) is 0 Å². The van der Waals surface area contributed by atoms with Crippen molar-refractivity contribution < 1.29 is 17.9 Å². The first-order valence-electron chi connectivity index (χ1n) is 11.1. The van der Waals surface area contributed by atoms with E-state index in [1.165, 1.54) is 29.7 Å². The van der Waals surface area contributed by atoms with Gasteiger partial charge in [0.05, 0.1) is 10.9 Å². The summed E-state index contributed by atoms with van der Waals surface area (Å²) in [5.74, 6) is 0.285. The Labute approximate surface area is 184 Å². The molecule has 0 aliphatic heterocycles. The van der Waals surface area contributed by atoms with Crippen LogP contribution in [0.15, 0.2) is 53.4 Å². The van der Waals surface area contributed by atoms with Crippen LogP contribution in [0.2, 0.25) is 0 Å². The van der Waals surface area contributed by atoms with Crippen molar-refractivity contribution in [1.29, 1.82) is 0 Å². The van der Waals surface area contributed by atoms with Crippen molar-refractivity contribution >= 4 is 15.9 Å². The Morgan fingerprint density at radius 2 is 1.68 bits per heavy atom. The molecule has 0 spiro atoms. The van der Waals surface area contributed by atoms with Gasteiger partial charge in [-0.1, -0.05) is 43.5 Å². The van der Waals surface area contributed by atoms with E-state index in [9.17, 15) is 13.2 Å². The second kappa shape index (κ2) is 9.83. The molecule has 4 rings (SSSR count). The van der Waals surface area contributed by atoms with Gasteiger partial charge in [0.2, 0.25) is 10.0 Å². The van der Waals surface area contributed by atoms with E-state index in [0.29, 0.717) is 5.75 Å². The molecule has 31 heavy (non-hydrogen) atoms. The summed E-state index contributed by atoms with van der Waals surface area (Å²) in [6, 6.07) is 14.5. The van der Waals surface area contributed by atoms with Gasteiger partial charge in [0.15, 0.2) is 6.61 Å². The summed E-state index contributed by atoms with van der Waals surface area (Å²) < 4.78 is 33.6. The maximum Gasteiger partial charge on any atom is 0.258 e. The van der Waals surface area contributed by atoms with Gasteiger partial charge in [0.25, 0.3) is 5.91 Å². The molecule has 2 aromatic carbocycles. The summed E-state index contributed by atoms with van der Waals surface area (Å²) in [7, 11) is -3.54. The molecule has 2 aliphatic carbocycles. The number of benzene rings is 2. The van der Waals surface area contributed by atoms with Crippen LogP contribution in [0.3, 0.4) is 0 Å². The molecule has 0 radical (unpaired) electrons. The molecular formula is C24H30N2O4S. The van der Waals surface area contributed by atoms with Crippen molar-refractivity contribution in [2.75, 3.05) is 6.61 Å². The highest BCUT2D eigenvalue weighted by atomic mass is 32.2. The third-order valence-corrected chi connectivity index (χ3v) is 7.67. The average Bonchev–Trinajstić information content (AvgIpc) is 2.79. The van der Waals surface area contributed by atoms with Crippen molar-refractivity contribution in [2.45, 2.75) is 68.3 Å². The van der Waals surface area contributed by atoms with Crippen LogP contribution in [-0.2, 0) is 21.2 Å². The molecule has 1 fully saturated rings. The summed E-state index contributed by atoms with van der Waals surface area (Å²) in [4.78, 5) is 12.6. The molecule has 1 atom stereocenters. The molecule has 7 heteroatoms. The van der Waals surface area contributed by atoms with Crippen molar-refractivity contribution in [2.24, 2.45) is 0 Å². The maximum absolute atomic E-state index is 12.6. The summed E-state index contributed by atoms with van der Waals surface area (Å²) in [6.45, 7) is -0.106. The molecule has 2 aromatic rings. The molecule has 6 nitrogen and oxygen atoms in total. The minimum absolute atomic E-state index is 0.0134. The molecule has 2 N–H and O–H groups in total. The molecule has 0 saturated heterocycles. The first-order valence-corrected chi connectivity index (χ1v) is 12.6. The number of amides is 1. The Hall–Kier alpha value is -2.38. The van der Waals surface area contributed by atoms with Crippen LogP contribution in [0, 0.1) is 0 Å². The van der Waals surface area contributed by atoms with E-state index in [1.807, 2.05) is 12.1 Å². The zero-order valence-corrected chi connectivity index (χ0v) is 18.5. The number of hydrogen-bond acceptors (Lipinski definition) is 4. The van der Waals surface area contributed by atoms with Gasteiger partial charge in [-0.2, -0.15) is 0 Å². The second-order valence-corrected chi connectivity index (χ2v) is 10.1. The number of rotatable bonds is 7. The average molecular weight is 443 g/mol. The Balaban J connectivity index is 1.30. The Morgan fingerprint density at radius 1 is 0.935 bits per heavy atom. The fourth-order valence-electron chi connectivity index (χ4n) is 4.51. The van der Waals surface area contributed by atoms with Crippen LogP contribution in [-0.4, -0.2) is 27.0 Å². The van der Waals surface area contributed by atoms with Gasteiger partial charge >= 0.3 is 0 Å². The van der Waals surface area contributed by atoms with E-state index in [2.05, 4.69) is 22.2 Å². The molecule has 0 heterocycles. The van der Waals surface area contributed by atoms with E-state index in [1.54, 1.807) is 12.1 Å². The van der Waals surface area contributed by atoms with E-state index >= 15 is 0 Å². The lowest BCUT2D eigenvalue weighted by Crippen LogP contribution is -2.36. The second-order valence-electron chi connectivity index (χ2n) is 8.43. The first-order chi connectivity index (χ1) is 15.0. The minimum Gasteiger partial charge on any atom is -0.484 e. The van der Waals surface area contributed by atoms with Gasteiger partial charge in [-0.3, -0.25) is 4.79 Å². The quantitative estimate of drug-likeness (QED) is 0.682. The highest BCUT2D eigenvalue weighted by Crippen LogP contribution is 2.29. The standard InChI is InChI=1S/C24H30N2O4S/c27-24(25-23-12-6-8-18-7-4-5-11-22(18)23)17-30-20-13-15-21(16-14-20)31(28,29)26-19-9-2-1-3-10-19/h4-5,7,11,13-16,19,23,26H,1-3,6,8-10,12,17H2,(H,25,27)/t23-/m1/s1. The molecule has 1 amide bonds. The molecular weight excluding hydrogens is 412 g/mol. The number of hydrogen-bond donors (Lipinski definition) is 2. The lowest BCUT2D eigenvalue weighted by molar-refractivity contribution is -0.124. The third kappa shape index (κ3) is 5.66. The van der Waals surface area contributed by atoms with E-state index < -0.39 is 10.0 Å². The Kier molecular flexibility index (Phi) is 6.92. The molecule has 0 bridgehead atoms. The zero-order valence-electron chi connectivity index (χ0n) is 17.7. The molecule has 0 aromatic heterocycles. The van der Waals surface area contributed by atoms with Gasteiger partial charge in [-0.05, 0) is 67.5 Å². The van der Waals surface area contributed by atoms with Gasteiger partial charge in [0.1, 0.15) is 5.75 Å². The number of nitrogens with one attached hydrogen (secondary N) is 2. The topological polar surface area (TPSA) is 84.5 Å². The lowest BCUT2D eigenvalue weighted by atomic mass is 9.88. The highest BCUT2D eigenvalue weighted by Gasteiger charge is 2.23. The minimum atomic E-state index is -3.54. The van der Waals surface area contributed by atoms with Gasteiger partial charge in [-0.25, -0.2) is 13.1 Å². The van der Waals surface area contributed by atoms with Gasteiger partial charge in [0, 0.05) is 6.04 Å². The lowest BCUT2D eigenvalue weighted by Gasteiger charge is -2.26. The maximum atomic E-state index is 12.6. The number of ether oxygens (including phenoxy) is 1. The van der Waals surface area contributed by atoms with E-state index in [0.717, 1.165) is 44.9 Å². The van der Waals surface area contributed by atoms with Crippen LogP contribution in [0.5, 0.6) is 5.75 Å².